The Bertz CT molecular complexity index is 706. The Labute approximate surface area is 135 Å². The largest absolute Gasteiger partial charge is 0.320 e. The molecule has 0 saturated heterocycles. The minimum absolute atomic E-state index is 0.0579. The van der Waals surface area contributed by atoms with Crippen LogP contribution in [0, 0.1) is 10.1 Å². The summed E-state index contributed by atoms with van der Waals surface area (Å²) >= 11 is 7.00. The fourth-order valence-electron chi connectivity index (χ4n) is 1.66. The summed E-state index contributed by atoms with van der Waals surface area (Å²) in [6.45, 7) is 2.62. The van der Waals surface area contributed by atoms with E-state index in [-0.39, 0.29) is 23.0 Å². The van der Waals surface area contributed by atoms with E-state index in [4.69, 9.17) is 11.6 Å². The van der Waals surface area contributed by atoms with Crippen molar-refractivity contribution in [3.05, 3.63) is 39.7 Å². The summed E-state index contributed by atoms with van der Waals surface area (Å²) in [5.41, 5.74) is -0.139. The second-order valence-electron chi connectivity index (χ2n) is 4.15. The predicted octanol–water partition coefficient (Wildman–Crippen LogP) is 2.59. The van der Waals surface area contributed by atoms with Crippen molar-refractivity contribution in [1.82, 2.24) is 14.8 Å². The Morgan fingerprint density at radius 1 is 1.55 bits per heavy atom. The smallest absolute Gasteiger partial charge is 0.292 e. The maximum absolute atomic E-state index is 11.9. The summed E-state index contributed by atoms with van der Waals surface area (Å²) in [7, 11) is 0. The number of hydrogen-bond acceptors (Lipinski definition) is 6. The van der Waals surface area contributed by atoms with E-state index in [2.05, 4.69) is 15.5 Å². The average Bonchev–Trinajstić information content (AvgIpc) is 2.92. The molecule has 10 heteroatoms. The Kier molecular flexibility index (Phi) is 5.34. The molecular weight excluding hydrogens is 330 g/mol. The lowest BCUT2D eigenvalue weighted by Crippen LogP contribution is -2.15. The minimum atomic E-state index is -0.577. The molecule has 116 valence electrons. The van der Waals surface area contributed by atoms with Gasteiger partial charge in [-0.15, -0.1) is 10.2 Å². The second-order valence-corrected chi connectivity index (χ2v) is 5.53. The van der Waals surface area contributed by atoms with Gasteiger partial charge in [0, 0.05) is 17.6 Å². The molecule has 0 atom stereocenters. The lowest BCUT2D eigenvalue weighted by atomic mass is 10.2. The number of rotatable bonds is 6. The van der Waals surface area contributed by atoms with Gasteiger partial charge in [-0.3, -0.25) is 14.9 Å². The predicted molar refractivity (Wildman–Crippen MR) is 83.2 cm³/mol. The first-order chi connectivity index (χ1) is 10.5. The van der Waals surface area contributed by atoms with Crippen LogP contribution in [0.5, 0.6) is 0 Å². The number of aromatic nitrogens is 3. The van der Waals surface area contributed by atoms with Crippen LogP contribution in [0.1, 0.15) is 6.92 Å². The molecule has 0 saturated carbocycles. The third-order valence-electron chi connectivity index (χ3n) is 2.68. The van der Waals surface area contributed by atoms with Gasteiger partial charge in [0.1, 0.15) is 12.0 Å². The number of nitrogens with one attached hydrogen (secondary N) is 1. The highest BCUT2D eigenvalue weighted by Crippen LogP contribution is 2.28. The third kappa shape index (κ3) is 3.95. The monoisotopic (exact) mass is 341 g/mol. The zero-order chi connectivity index (χ0) is 16.1. The molecule has 0 fully saturated rings. The quantitative estimate of drug-likeness (QED) is 0.492. The van der Waals surface area contributed by atoms with Crippen LogP contribution in [-0.2, 0) is 11.3 Å². The van der Waals surface area contributed by atoms with E-state index in [1.165, 1.54) is 30.0 Å². The maximum Gasteiger partial charge on any atom is 0.292 e. The molecular formula is C12H12ClN5O3S. The van der Waals surface area contributed by atoms with Crippen LogP contribution in [0.4, 0.5) is 11.4 Å². The molecule has 0 spiro atoms. The lowest BCUT2D eigenvalue weighted by molar-refractivity contribution is -0.383. The van der Waals surface area contributed by atoms with Crippen LogP contribution >= 0.6 is 23.4 Å². The molecule has 1 heterocycles. The summed E-state index contributed by atoms with van der Waals surface area (Å²) in [5.74, 6) is -0.330. The molecule has 1 N–H and O–H groups in total. The highest BCUT2D eigenvalue weighted by atomic mass is 35.5. The van der Waals surface area contributed by atoms with Crippen LogP contribution in [0.15, 0.2) is 29.7 Å². The minimum Gasteiger partial charge on any atom is -0.320 e. The van der Waals surface area contributed by atoms with Crippen molar-refractivity contribution in [3.63, 3.8) is 0 Å². The van der Waals surface area contributed by atoms with E-state index in [0.29, 0.717) is 16.7 Å². The van der Waals surface area contributed by atoms with Crippen molar-refractivity contribution in [1.29, 1.82) is 0 Å². The molecule has 1 amide bonds. The van der Waals surface area contributed by atoms with Gasteiger partial charge in [-0.25, -0.2) is 0 Å². The molecule has 22 heavy (non-hydrogen) atoms. The first-order valence-corrected chi connectivity index (χ1v) is 7.62. The van der Waals surface area contributed by atoms with Gasteiger partial charge < -0.3 is 9.88 Å². The molecule has 0 radical (unpaired) electrons. The first kappa shape index (κ1) is 16.2. The molecule has 0 aliphatic heterocycles. The average molecular weight is 342 g/mol. The van der Waals surface area contributed by atoms with Gasteiger partial charge in [0.05, 0.1) is 10.7 Å². The van der Waals surface area contributed by atoms with E-state index in [1.807, 2.05) is 6.92 Å². The number of nitrogens with zero attached hydrogens (tertiary/aromatic N) is 4. The number of nitro benzene ring substituents is 1. The van der Waals surface area contributed by atoms with E-state index >= 15 is 0 Å². The highest BCUT2D eigenvalue weighted by Gasteiger charge is 2.17. The summed E-state index contributed by atoms with van der Waals surface area (Å²) in [4.78, 5) is 22.3. The highest BCUT2D eigenvalue weighted by molar-refractivity contribution is 7.99. The molecule has 2 rings (SSSR count). The first-order valence-electron chi connectivity index (χ1n) is 6.25. The molecule has 0 unspecified atom stereocenters. The van der Waals surface area contributed by atoms with Crippen LogP contribution in [-0.4, -0.2) is 31.3 Å². The van der Waals surface area contributed by atoms with Crippen molar-refractivity contribution in [2.75, 3.05) is 11.1 Å². The second kappa shape index (κ2) is 7.23. The molecule has 1 aromatic heterocycles. The standard InChI is InChI=1S/C12H12ClN5O3S/c1-2-17-7-14-16-12(17)22-6-11(19)15-9-5-8(13)3-4-10(9)18(20)21/h3-5,7H,2,6H2,1H3,(H,15,19). The zero-order valence-corrected chi connectivity index (χ0v) is 13.1. The van der Waals surface area contributed by atoms with Crippen molar-refractivity contribution in [2.45, 2.75) is 18.6 Å². The molecule has 0 aliphatic carbocycles. The fourth-order valence-corrected chi connectivity index (χ4v) is 2.61. The van der Waals surface area contributed by atoms with E-state index < -0.39 is 4.92 Å². The number of anilines is 1. The number of carbonyl (C=O) groups is 1. The van der Waals surface area contributed by atoms with Crippen molar-refractivity contribution in [3.8, 4) is 0 Å². The summed E-state index contributed by atoms with van der Waals surface area (Å²) in [6.07, 6.45) is 1.57. The Hall–Kier alpha value is -2.13. The normalized spacial score (nSPS) is 10.5. The van der Waals surface area contributed by atoms with Gasteiger partial charge in [0.2, 0.25) is 5.91 Å². The van der Waals surface area contributed by atoms with Gasteiger partial charge in [-0.1, -0.05) is 23.4 Å². The molecule has 8 nitrogen and oxygen atoms in total. The Balaban J connectivity index is 2.03. The summed E-state index contributed by atoms with van der Waals surface area (Å²) in [6, 6.07) is 3.99. The van der Waals surface area contributed by atoms with Crippen LogP contribution in [0.25, 0.3) is 0 Å². The summed E-state index contributed by atoms with van der Waals surface area (Å²) < 4.78 is 1.79. The van der Waals surface area contributed by atoms with Crippen molar-refractivity contribution in [2.24, 2.45) is 0 Å². The number of amides is 1. The number of halogens is 1. The van der Waals surface area contributed by atoms with E-state index in [0.717, 1.165) is 0 Å². The lowest BCUT2D eigenvalue weighted by Gasteiger charge is -2.06. The van der Waals surface area contributed by atoms with Gasteiger partial charge >= 0.3 is 0 Å². The number of carbonyl (C=O) groups excluding carboxylic acids is 1. The van der Waals surface area contributed by atoms with Gasteiger partial charge in [-0.05, 0) is 19.1 Å². The van der Waals surface area contributed by atoms with Crippen LogP contribution in [0.3, 0.4) is 0 Å². The van der Waals surface area contributed by atoms with Crippen molar-refractivity contribution < 1.29 is 9.72 Å². The Morgan fingerprint density at radius 3 is 3.00 bits per heavy atom. The SMILES string of the molecule is CCn1cnnc1SCC(=O)Nc1cc(Cl)ccc1[N+](=O)[O-]. The zero-order valence-electron chi connectivity index (χ0n) is 11.5. The number of nitro groups is 1. The third-order valence-corrected chi connectivity index (χ3v) is 3.90. The number of aryl methyl sites for hydroxylation is 1. The van der Waals surface area contributed by atoms with E-state index in [1.54, 1.807) is 10.9 Å². The topological polar surface area (TPSA) is 103 Å². The fraction of sp³-hybridized carbons (Fsp3) is 0.250. The number of benzene rings is 1. The van der Waals surface area contributed by atoms with Gasteiger partial charge in [0.15, 0.2) is 5.16 Å². The number of thioether (sulfide) groups is 1. The van der Waals surface area contributed by atoms with Crippen LogP contribution in [0.2, 0.25) is 5.02 Å². The molecule has 0 bridgehead atoms. The Morgan fingerprint density at radius 2 is 2.32 bits per heavy atom. The maximum atomic E-state index is 11.9. The molecule has 1 aromatic carbocycles. The van der Waals surface area contributed by atoms with E-state index in [9.17, 15) is 14.9 Å². The molecule has 2 aromatic rings. The number of hydrogen-bond donors (Lipinski definition) is 1. The van der Waals surface area contributed by atoms with Gasteiger partial charge in [0.25, 0.3) is 5.69 Å². The van der Waals surface area contributed by atoms with Gasteiger partial charge in [-0.2, -0.15) is 0 Å². The summed E-state index contributed by atoms with van der Waals surface area (Å²) in [5, 5.41) is 22.0. The molecule has 0 aliphatic rings. The van der Waals surface area contributed by atoms with Crippen molar-refractivity contribution >= 4 is 40.6 Å². The van der Waals surface area contributed by atoms with Crippen LogP contribution < -0.4 is 5.32 Å².